The highest BCUT2D eigenvalue weighted by molar-refractivity contribution is 6.00. The molecule has 0 saturated carbocycles. The zero-order valence-corrected chi connectivity index (χ0v) is 12.3. The van der Waals surface area contributed by atoms with Gasteiger partial charge in [0.15, 0.2) is 0 Å². The van der Waals surface area contributed by atoms with Crippen molar-refractivity contribution in [2.75, 3.05) is 34.0 Å². The second kappa shape index (κ2) is 6.78. The summed E-state index contributed by atoms with van der Waals surface area (Å²) in [6.45, 7) is 0.910. The van der Waals surface area contributed by atoms with E-state index in [4.69, 9.17) is 14.2 Å². The summed E-state index contributed by atoms with van der Waals surface area (Å²) in [4.78, 5) is 12.6. The first-order chi connectivity index (χ1) is 10.2. The van der Waals surface area contributed by atoms with Gasteiger partial charge in [0.05, 0.1) is 26.4 Å². The minimum atomic E-state index is -0.652. The van der Waals surface area contributed by atoms with Crippen molar-refractivity contribution in [2.24, 2.45) is 0 Å². The Kier molecular flexibility index (Phi) is 5.03. The van der Waals surface area contributed by atoms with Gasteiger partial charge in [-0.2, -0.15) is 0 Å². The second-order valence-electron chi connectivity index (χ2n) is 5.04. The smallest absolute Gasteiger partial charge is 0.259 e. The van der Waals surface area contributed by atoms with E-state index < -0.39 is 5.54 Å². The van der Waals surface area contributed by atoms with Crippen LogP contribution in [0.5, 0.6) is 11.5 Å². The number of carbonyl (C=O) groups excluding carboxylic acids is 1. The van der Waals surface area contributed by atoms with E-state index in [9.17, 15) is 9.90 Å². The van der Waals surface area contributed by atoms with Crippen LogP contribution in [0.1, 0.15) is 23.2 Å². The normalized spacial score (nSPS) is 17.1. The van der Waals surface area contributed by atoms with Crippen molar-refractivity contribution in [1.82, 2.24) is 5.32 Å². The SMILES string of the molecule is COc1cccc(OC)c1C(=O)NC1(CO)CCOCC1. The molecule has 0 bridgehead atoms. The van der Waals surface area contributed by atoms with E-state index >= 15 is 0 Å². The Labute approximate surface area is 124 Å². The highest BCUT2D eigenvalue weighted by Crippen LogP contribution is 2.29. The van der Waals surface area contributed by atoms with E-state index in [1.165, 1.54) is 14.2 Å². The van der Waals surface area contributed by atoms with Crippen LogP contribution >= 0.6 is 0 Å². The molecule has 1 amide bonds. The van der Waals surface area contributed by atoms with E-state index in [2.05, 4.69) is 5.32 Å². The lowest BCUT2D eigenvalue weighted by Gasteiger charge is -2.36. The molecule has 1 aromatic carbocycles. The average Bonchev–Trinajstić information content (AvgIpc) is 2.54. The highest BCUT2D eigenvalue weighted by atomic mass is 16.5. The number of rotatable bonds is 5. The summed E-state index contributed by atoms with van der Waals surface area (Å²) >= 11 is 0. The number of amides is 1. The standard InChI is InChI=1S/C15H21NO5/c1-19-11-4-3-5-12(20-2)13(11)14(18)16-15(10-17)6-8-21-9-7-15/h3-5,17H,6-10H2,1-2H3,(H,16,18). The topological polar surface area (TPSA) is 77.0 Å². The number of nitrogens with one attached hydrogen (secondary N) is 1. The van der Waals surface area contributed by atoms with Gasteiger partial charge in [-0.1, -0.05) is 6.07 Å². The van der Waals surface area contributed by atoms with Crippen LogP contribution in [-0.2, 0) is 4.74 Å². The van der Waals surface area contributed by atoms with Gasteiger partial charge in [-0.05, 0) is 25.0 Å². The molecule has 1 heterocycles. The molecule has 0 atom stereocenters. The molecule has 0 aliphatic carbocycles. The highest BCUT2D eigenvalue weighted by Gasteiger charge is 2.35. The molecule has 2 N–H and O–H groups in total. The molecule has 116 valence electrons. The van der Waals surface area contributed by atoms with Crippen LogP contribution in [-0.4, -0.2) is 50.6 Å². The number of hydrogen-bond acceptors (Lipinski definition) is 5. The molecule has 6 heteroatoms. The zero-order valence-electron chi connectivity index (χ0n) is 12.3. The minimum Gasteiger partial charge on any atom is -0.496 e. The van der Waals surface area contributed by atoms with Crippen LogP contribution in [0.25, 0.3) is 0 Å². The Bertz CT molecular complexity index is 475. The molecule has 1 aliphatic heterocycles. The Morgan fingerprint density at radius 1 is 1.29 bits per heavy atom. The molecule has 1 aliphatic rings. The van der Waals surface area contributed by atoms with Crippen molar-refractivity contribution in [2.45, 2.75) is 18.4 Å². The molecular formula is C15H21NO5. The van der Waals surface area contributed by atoms with Gasteiger partial charge in [-0.25, -0.2) is 0 Å². The lowest BCUT2D eigenvalue weighted by Crippen LogP contribution is -2.54. The minimum absolute atomic E-state index is 0.125. The van der Waals surface area contributed by atoms with E-state index in [0.717, 1.165) is 0 Å². The van der Waals surface area contributed by atoms with Gasteiger partial charge in [0.2, 0.25) is 0 Å². The van der Waals surface area contributed by atoms with E-state index in [1.54, 1.807) is 18.2 Å². The monoisotopic (exact) mass is 295 g/mol. The largest absolute Gasteiger partial charge is 0.496 e. The fourth-order valence-electron chi connectivity index (χ4n) is 2.46. The first-order valence-corrected chi connectivity index (χ1v) is 6.88. The first kappa shape index (κ1) is 15.6. The number of carbonyl (C=O) groups is 1. The number of benzene rings is 1. The fourth-order valence-corrected chi connectivity index (χ4v) is 2.46. The Morgan fingerprint density at radius 3 is 2.33 bits per heavy atom. The molecule has 2 rings (SSSR count). The van der Waals surface area contributed by atoms with Gasteiger partial charge in [-0.15, -0.1) is 0 Å². The Balaban J connectivity index is 2.27. The predicted molar refractivity (Wildman–Crippen MR) is 76.9 cm³/mol. The third-order valence-corrected chi connectivity index (χ3v) is 3.79. The summed E-state index contributed by atoms with van der Waals surface area (Å²) in [5, 5.41) is 12.6. The molecule has 1 aromatic rings. The summed E-state index contributed by atoms with van der Waals surface area (Å²) in [6.07, 6.45) is 1.15. The summed E-state index contributed by atoms with van der Waals surface area (Å²) < 4.78 is 15.8. The van der Waals surface area contributed by atoms with Gasteiger partial charge < -0.3 is 24.6 Å². The molecule has 0 spiro atoms. The van der Waals surface area contributed by atoms with Crippen LogP contribution in [0.3, 0.4) is 0 Å². The number of hydrogen-bond donors (Lipinski definition) is 2. The van der Waals surface area contributed by atoms with Crippen molar-refractivity contribution in [3.63, 3.8) is 0 Å². The van der Waals surface area contributed by atoms with Crippen LogP contribution in [0.15, 0.2) is 18.2 Å². The summed E-state index contributed by atoms with van der Waals surface area (Å²) in [5.41, 5.74) is -0.317. The van der Waals surface area contributed by atoms with Crippen molar-refractivity contribution < 1.29 is 24.1 Å². The number of aliphatic hydroxyl groups excluding tert-OH is 1. The van der Waals surface area contributed by atoms with E-state index in [-0.39, 0.29) is 12.5 Å². The van der Waals surface area contributed by atoms with Crippen LogP contribution in [0, 0.1) is 0 Å². The molecule has 21 heavy (non-hydrogen) atoms. The van der Waals surface area contributed by atoms with Crippen LogP contribution in [0.2, 0.25) is 0 Å². The van der Waals surface area contributed by atoms with Crippen LogP contribution in [0.4, 0.5) is 0 Å². The predicted octanol–water partition coefficient (Wildman–Crippen LogP) is 0.975. The van der Waals surface area contributed by atoms with Gasteiger partial charge in [-0.3, -0.25) is 4.79 Å². The molecule has 0 aromatic heterocycles. The molecule has 6 nitrogen and oxygen atoms in total. The maximum absolute atomic E-state index is 12.6. The van der Waals surface area contributed by atoms with E-state index in [0.29, 0.717) is 43.1 Å². The third kappa shape index (κ3) is 3.28. The summed E-state index contributed by atoms with van der Waals surface area (Å²) in [5.74, 6) is 0.555. The van der Waals surface area contributed by atoms with Gasteiger partial charge in [0.25, 0.3) is 5.91 Å². The van der Waals surface area contributed by atoms with Crippen molar-refractivity contribution in [3.8, 4) is 11.5 Å². The van der Waals surface area contributed by atoms with Gasteiger partial charge in [0, 0.05) is 13.2 Å². The number of ether oxygens (including phenoxy) is 3. The number of methoxy groups -OCH3 is 2. The molecule has 0 radical (unpaired) electrons. The lowest BCUT2D eigenvalue weighted by atomic mass is 9.90. The zero-order chi connectivity index (χ0) is 15.3. The van der Waals surface area contributed by atoms with Crippen molar-refractivity contribution in [1.29, 1.82) is 0 Å². The lowest BCUT2D eigenvalue weighted by molar-refractivity contribution is 0.0124. The molecule has 1 fully saturated rings. The Morgan fingerprint density at radius 2 is 1.86 bits per heavy atom. The maximum atomic E-state index is 12.6. The maximum Gasteiger partial charge on any atom is 0.259 e. The second-order valence-corrected chi connectivity index (χ2v) is 5.04. The van der Waals surface area contributed by atoms with Gasteiger partial charge >= 0.3 is 0 Å². The first-order valence-electron chi connectivity index (χ1n) is 6.88. The van der Waals surface area contributed by atoms with E-state index in [1.807, 2.05) is 0 Å². The third-order valence-electron chi connectivity index (χ3n) is 3.79. The van der Waals surface area contributed by atoms with Crippen LogP contribution < -0.4 is 14.8 Å². The van der Waals surface area contributed by atoms with Crippen molar-refractivity contribution in [3.05, 3.63) is 23.8 Å². The van der Waals surface area contributed by atoms with Crippen molar-refractivity contribution >= 4 is 5.91 Å². The number of aliphatic hydroxyl groups is 1. The molecular weight excluding hydrogens is 274 g/mol. The quantitative estimate of drug-likeness (QED) is 0.846. The van der Waals surface area contributed by atoms with Gasteiger partial charge in [0.1, 0.15) is 17.1 Å². The summed E-state index contributed by atoms with van der Waals surface area (Å²) in [6, 6.07) is 5.16. The fraction of sp³-hybridized carbons (Fsp3) is 0.533. The Hall–Kier alpha value is -1.79. The average molecular weight is 295 g/mol. The molecule has 0 unspecified atom stereocenters. The summed E-state index contributed by atoms with van der Waals surface area (Å²) in [7, 11) is 3.00. The molecule has 1 saturated heterocycles.